The summed E-state index contributed by atoms with van der Waals surface area (Å²) < 4.78 is 20.9. The Morgan fingerprint density at radius 3 is 2.56 bits per heavy atom. The Bertz CT molecular complexity index is 988. The number of allylic oxidation sites excluding steroid dienone is 1. The Labute approximate surface area is 190 Å². The summed E-state index contributed by atoms with van der Waals surface area (Å²) in [5.74, 6) is -0.643. The lowest BCUT2D eigenvalue weighted by atomic mass is 9.94. The number of amides is 1. The van der Waals surface area contributed by atoms with Crippen molar-refractivity contribution >= 4 is 34.8 Å². The number of benzene rings is 1. The summed E-state index contributed by atoms with van der Waals surface area (Å²) in [5, 5.41) is 0.260. The lowest BCUT2D eigenvalue weighted by molar-refractivity contribution is -0.141. The maximum Gasteiger partial charge on any atom is 0.338 e. The highest BCUT2D eigenvalue weighted by Crippen LogP contribution is 2.45. The quantitative estimate of drug-likeness (QED) is 0.330. The number of aliphatic imine (C=N–C) groups is 1. The standard InChI is InChI=1S/C22H26N2O7S/c1-6-17-20(26)24-19(14-7-8-15(31-13(3)25)16(11-14)29-5)18(12(2)23-22(24)32-17)21(27)30-10-9-28-4/h7-8,11,17,19H,6,9-10H2,1-5H3/t17-,19+/m1/s1. The summed E-state index contributed by atoms with van der Waals surface area (Å²) >= 11 is 1.38. The van der Waals surface area contributed by atoms with Crippen LogP contribution in [0.15, 0.2) is 34.5 Å². The predicted molar refractivity (Wildman–Crippen MR) is 119 cm³/mol. The molecule has 0 aliphatic carbocycles. The van der Waals surface area contributed by atoms with Gasteiger partial charge in [-0.2, -0.15) is 0 Å². The van der Waals surface area contributed by atoms with Gasteiger partial charge in [0.2, 0.25) is 5.91 Å². The van der Waals surface area contributed by atoms with Crippen molar-refractivity contribution in [1.82, 2.24) is 4.90 Å². The number of hydrogen-bond acceptors (Lipinski definition) is 9. The minimum atomic E-state index is -0.755. The van der Waals surface area contributed by atoms with E-state index in [9.17, 15) is 14.4 Å². The molecule has 1 fully saturated rings. The smallest absolute Gasteiger partial charge is 0.338 e. The third kappa shape index (κ3) is 4.66. The van der Waals surface area contributed by atoms with Crippen LogP contribution < -0.4 is 9.47 Å². The third-order valence-corrected chi connectivity index (χ3v) is 6.34. The van der Waals surface area contributed by atoms with Crippen LogP contribution in [-0.2, 0) is 23.9 Å². The molecule has 3 rings (SSSR count). The highest BCUT2D eigenvalue weighted by Gasteiger charge is 2.47. The second-order valence-corrected chi connectivity index (χ2v) is 8.32. The van der Waals surface area contributed by atoms with Crippen LogP contribution in [0.2, 0.25) is 0 Å². The number of carbonyl (C=O) groups is 3. The molecular formula is C22H26N2O7S. The monoisotopic (exact) mass is 462 g/mol. The molecule has 0 unspecified atom stereocenters. The van der Waals surface area contributed by atoms with Gasteiger partial charge in [0.15, 0.2) is 16.7 Å². The predicted octanol–water partition coefficient (Wildman–Crippen LogP) is 2.85. The van der Waals surface area contributed by atoms with Crippen molar-refractivity contribution in [3.05, 3.63) is 35.0 Å². The molecule has 2 heterocycles. The summed E-state index contributed by atoms with van der Waals surface area (Å²) in [6.45, 7) is 5.27. The molecule has 1 saturated heterocycles. The molecule has 0 bridgehead atoms. The van der Waals surface area contributed by atoms with Crippen LogP contribution in [0, 0.1) is 0 Å². The van der Waals surface area contributed by atoms with E-state index < -0.39 is 18.0 Å². The maximum atomic E-state index is 13.2. The summed E-state index contributed by atoms with van der Waals surface area (Å²) in [4.78, 5) is 43.7. The molecule has 1 amide bonds. The van der Waals surface area contributed by atoms with Crippen LogP contribution in [-0.4, -0.2) is 60.6 Å². The third-order valence-electron chi connectivity index (χ3n) is 5.02. The van der Waals surface area contributed by atoms with Crippen LogP contribution in [0.25, 0.3) is 0 Å². The molecule has 10 heteroatoms. The average molecular weight is 463 g/mol. The van der Waals surface area contributed by atoms with E-state index in [1.165, 1.54) is 32.9 Å². The lowest BCUT2D eigenvalue weighted by Crippen LogP contribution is -2.41. The van der Waals surface area contributed by atoms with Crippen LogP contribution in [0.1, 0.15) is 38.8 Å². The van der Waals surface area contributed by atoms with Crippen molar-refractivity contribution in [2.24, 2.45) is 4.99 Å². The van der Waals surface area contributed by atoms with Gasteiger partial charge >= 0.3 is 11.9 Å². The fourth-order valence-electron chi connectivity index (χ4n) is 3.55. The molecule has 0 aromatic heterocycles. The second kappa shape index (κ2) is 10.2. The van der Waals surface area contributed by atoms with E-state index in [1.807, 2.05) is 6.92 Å². The van der Waals surface area contributed by atoms with Crippen molar-refractivity contribution < 1.29 is 33.3 Å². The largest absolute Gasteiger partial charge is 0.493 e. The topological polar surface area (TPSA) is 104 Å². The summed E-state index contributed by atoms with van der Waals surface area (Å²) in [6.07, 6.45) is 0.632. The maximum absolute atomic E-state index is 13.2. The van der Waals surface area contributed by atoms with Gasteiger partial charge in [0.05, 0.1) is 36.3 Å². The number of fused-ring (bicyclic) bond motifs is 1. The van der Waals surface area contributed by atoms with E-state index in [0.717, 1.165) is 0 Å². The number of nitrogens with zero attached hydrogens (tertiary/aromatic N) is 2. The number of ether oxygens (including phenoxy) is 4. The number of amidine groups is 1. The number of methoxy groups -OCH3 is 2. The number of carbonyl (C=O) groups excluding carboxylic acids is 3. The van der Waals surface area contributed by atoms with Gasteiger partial charge in [0.25, 0.3) is 0 Å². The Kier molecular flexibility index (Phi) is 7.57. The summed E-state index contributed by atoms with van der Waals surface area (Å²) in [6, 6.07) is 4.17. The van der Waals surface area contributed by atoms with Crippen LogP contribution in [0.5, 0.6) is 11.5 Å². The molecule has 1 aromatic carbocycles. The van der Waals surface area contributed by atoms with Gasteiger partial charge in [-0.3, -0.25) is 14.5 Å². The summed E-state index contributed by atoms with van der Waals surface area (Å²) in [7, 11) is 2.96. The SMILES string of the molecule is CC[C@H]1SC2=NC(C)=C(C(=O)OCCOC)[C@H](c3ccc(OC(C)=O)c(OC)c3)N2C1=O. The van der Waals surface area contributed by atoms with Gasteiger partial charge in [0.1, 0.15) is 6.61 Å². The van der Waals surface area contributed by atoms with Gasteiger partial charge in [-0.15, -0.1) is 0 Å². The molecule has 2 aliphatic rings. The van der Waals surface area contributed by atoms with Gasteiger partial charge in [-0.05, 0) is 31.0 Å². The number of rotatable bonds is 8. The molecular weight excluding hydrogens is 436 g/mol. The van der Waals surface area contributed by atoms with Crippen LogP contribution in [0.4, 0.5) is 0 Å². The van der Waals surface area contributed by atoms with Crippen molar-refractivity contribution in [3.8, 4) is 11.5 Å². The van der Waals surface area contributed by atoms with Crippen LogP contribution >= 0.6 is 11.8 Å². The first-order valence-corrected chi connectivity index (χ1v) is 11.0. The first kappa shape index (κ1) is 23.8. The molecule has 0 saturated carbocycles. The van der Waals surface area contributed by atoms with E-state index in [0.29, 0.717) is 28.6 Å². The Morgan fingerprint density at radius 2 is 1.94 bits per heavy atom. The minimum absolute atomic E-state index is 0.0738. The van der Waals surface area contributed by atoms with Gasteiger partial charge in [-0.25, -0.2) is 9.79 Å². The molecule has 0 spiro atoms. The lowest BCUT2D eigenvalue weighted by Gasteiger charge is -2.33. The molecule has 1 aromatic rings. The molecule has 172 valence electrons. The molecule has 0 N–H and O–H groups in total. The molecule has 2 aliphatic heterocycles. The van der Waals surface area contributed by atoms with Crippen LogP contribution in [0.3, 0.4) is 0 Å². The van der Waals surface area contributed by atoms with Gasteiger partial charge in [0, 0.05) is 14.0 Å². The number of thioether (sulfide) groups is 1. The zero-order valence-corrected chi connectivity index (χ0v) is 19.5. The van der Waals surface area contributed by atoms with Crippen molar-refractivity contribution in [1.29, 1.82) is 0 Å². The molecule has 32 heavy (non-hydrogen) atoms. The normalized spacial score (nSPS) is 20.1. The van der Waals surface area contributed by atoms with Crippen molar-refractivity contribution in [3.63, 3.8) is 0 Å². The van der Waals surface area contributed by atoms with Gasteiger partial charge < -0.3 is 18.9 Å². The molecule has 9 nitrogen and oxygen atoms in total. The van der Waals surface area contributed by atoms with E-state index >= 15 is 0 Å². The summed E-state index contributed by atoms with van der Waals surface area (Å²) in [5.41, 5.74) is 1.34. The first-order chi connectivity index (χ1) is 15.3. The minimum Gasteiger partial charge on any atom is -0.493 e. The van der Waals surface area contributed by atoms with Crippen molar-refractivity contribution in [2.75, 3.05) is 27.4 Å². The highest BCUT2D eigenvalue weighted by molar-refractivity contribution is 8.15. The molecule has 2 atom stereocenters. The number of esters is 2. The average Bonchev–Trinajstić information content (AvgIpc) is 3.07. The second-order valence-electron chi connectivity index (χ2n) is 7.15. The van der Waals surface area contributed by atoms with Crippen molar-refractivity contribution in [2.45, 2.75) is 38.5 Å². The Hall–Kier alpha value is -2.85. The van der Waals surface area contributed by atoms with E-state index in [1.54, 1.807) is 30.0 Å². The Balaban J connectivity index is 2.09. The highest BCUT2D eigenvalue weighted by atomic mass is 32.2. The Morgan fingerprint density at radius 1 is 1.19 bits per heavy atom. The van der Waals surface area contributed by atoms with E-state index in [4.69, 9.17) is 18.9 Å². The zero-order chi connectivity index (χ0) is 23.4. The number of hydrogen-bond donors (Lipinski definition) is 0. The van der Waals surface area contributed by atoms with Gasteiger partial charge in [-0.1, -0.05) is 24.8 Å². The molecule has 0 radical (unpaired) electrons. The fourth-order valence-corrected chi connectivity index (χ4v) is 4.69. The fraction of sp³-hybridized carbons (Fsp3) is 0.455. The van der Waals surface area contributed by atoms with E-state index in [2.05, 4.69) is 4.99 Å². The first-order valence-electron chi connectivity index (χ1n) is 10.1. The zero-order valence-electron chi connectivity index (χ0n) is 18.7. The van der Waals surface area contributed by atoms with E-state index in [-0.39, 0.29) is 35.7 Å².